The molecule has 19 heavy (non-hydrogen) atoms. The number of hydrogen-bond donors (Lipinski definition) is 2. The van der Waals surface area contributed by atoms with Gasteiger partial charge in [-0.15, -0.1) is 0 Å². The second-order valence-corrected chi connectivity index (χ2v) is 4.26. The van der Waals surface area contributed by atoms with Gasteiger partial charge >= 0.3 is 5.97 Å². The number of allylic oxidation sites excluding steroid dienone is 1. The Morgan fingerprint density at radius 1 is 1.58 bits per heavy atom. The highest BCUT2D eigenvalue weighted by atomic mass is 16.5. The highest BCUT2D eigenvalue weighted by molar-refractivity contribution is 5.88. The Morgan fingerprint density at radius 2 is 2.32 bits per heavy atom. The summed E-state index contributed by atoms with van der Waals surface area (Å²) in [6.45, 7) is 4.45. The van der Waals surface area contributed by atoms with E-state index in [0.29, 0.717) is 18.8 Å². The highest BCUT2D eigenvalue weighted by Crippen LogP contribution is 2.12. The Bertz CT molecular complexity index is 411. The molecular formula is C14H22N2O3. The van der Waals surface area contributed by atoms with E-state index < -0.39 is 5.97 Å². The molecule has 0 heterocycles. The third kappa shape index (κ3) is 4.79. The number of carbonyl (C=O) groups excluding carboxylic acids is 1. The molecule has 5 nitrogen and oxygen atoms in total. The van der Waals surface area contributed by atoms with Gasteiger partial charge in [-0.3, -0.25) is 0 Å². The maximum atomic E-state index is 11.4. The number of rotatable bonds is 6. The minimum Gasteiger partial charge on any atom is -0.461 e. The van der Waals surface area contributed by atoms with Crippen molar-refractivity contribution in [3.8, 4) is 0 Å². The van der Waals surface area contributed by atoms with Crippen molar-refractivity contribution in [2.45, 2.75) is 26.4 Å². The number of hydrogen-bond acceptors (Lipinski definition) is 5. The Labute approximate surface area is 114 Å². The van der Waals surface area contributed by atoms with Gasteiger partial charge in [-0.25, -0.2) is 4.79 Å². The Balaban J connectivity index is 2.49. The predicted molar refractivity (Wildman–Crippen MR) is 74.2 cm³/mol. The van der Waals surface area contributed by atoms with Crippen LogP contribution in [0.25, 0.3) is 0 Å². The fourth-order valence-corrected chi connectivity index (χ4v) is 1.64. The maximum Gasteiger partial charge on any atom is 0.355 e. The predicted octanol–water partition coefficient (Wildman–Crippen LogP) is 1.23. The Kier molecular flexibility index (Phi) is 6.15. The second-order valence-electron chi connectivity index (χ2n) is 4.26. The molecule has 1 rings (SSSR count). The van der Waals surface area contributed by atoms with Crippen molar-refractivity contribution < 1.29 is 14.3 Å². The quantitative estimate of drug-likeness (QED) is 0.559. The van der Waals surface area contributed by atoms with E-state index in [1.807, 2.05) is 12.2 Å². The molecule has 1 aliphatic rings. The van der Waals surface area contributed by atoms with Gasteiger partial charge in [-0.1, -0.05) is 18.2 Å². The largest absolute Gasteiger partial charge is 0.461 e. The van der Waals surface area contributed by atoms with Crippen LogP contribution in [0.1, 0.15) is 20.3 Å². The molecule has 1 atom stereocenters. The molecule has 0 amide bonds. The summed E-state index contributed by atoms with van der Waals surface area (Å²) in [5.74, 6) is -0.486. The number of ether oxygens (including phenoxy) is 2. The topological polar surface area (TPSA) is 73.6 Å². The van der Waals surface area contributed by atoms with Crippen LogP contribution in [0.5, 0.6) is 0 Å². The zero-order valence-electron chi connectivity index (χ0n) is 11.7. The summed E-state index contributed by atoms with van der Waals surface area (Å²) in [6.07, 6.45) is 7.16. The molecule has 106 valence electrons. The van der Waals surface area contributed by atoms with Crippen molar-refractivity contribution >= 4 is 5.97 Å². The van der Waals surface area contributed by atoms with Crippen molar-refractivity contribution in [2.24, 2.45) is 5.73 Å². The van der Waals surface area contributed by atoms with Gasteiger partial charge in [0.05, 0.1) is 12.7 Å². The lowest BCUT2D eigenvalue weighted by Crippen LogP contribution is -2.24. The summed E-state index contributed by atoms with van der Waals surface area (Å²) in [5, 5.41) is 3.12. The minimum absolute atomic E-state index is 0.122. The molecule has 0 aliphatic heterocycles. The van der Waals surface area contributed by atoms with Crippen molar-refractivity contribution in [1.29, 1.82) is 0 Å². The lowest BCUT2D eigenvalue weighted by atomic mass is 10.0. The van der Waals surface area contributed by atoms with Crippen molar-refractivity contribution in [3.63, 3.8) is 0 Å². The first-order chi connectivity index (χ1) is 9.08. The summed E-state index contributed by atoms with van der Waals surface area (Å²) >= 11 is 0. The summed E-state index contributed by atoms with van der Waals surface area (Å²) in [7, 11) is 1.69. The van der Waals surface area contributed by atoms with Crippen molar-refractivity contribution in [1.82, 2.24) is 5.32 Å². The minimum atomic E-state index is -0.486. The van der Waals surface area contributed by atoms with Crippen LogP contribution >= 0.6 is 0 Å². The van der Waals surface area contributed by atoms with E-state index in [1.165, 1.54) is 0 Å². The van der Waals surface area contributed by atoms with E-state index >= 15 is 0 Å². The molecule has 3 N–H and O–H groups in total. The third-order valence-corrected chi connectivity index (χ3v) is 2.90. The van der Waals surface area contributed by atoms with Gasteiger partial charge in [0.25, 0.3) is 0 Å². The van der Waals surface area contributed by atoms with Crippen LogP contribution in [0.4, 0.5) is 0 Å². The smallest absolute Gasteiger partial charge is 0.355 e. The fraction of sp³-hybridized carbons (Fsp3) is 0.500. The molecular weight excluding hydrogens is 244 g/mol. The lowest BCUT2D eigenvalue weighted by Gasteiger charge is -2.16. The summed E-state index contributed by atoms with van der Waals surface area (Å²) in [6, 6.07) is 0. The van der Waals surface area contributed by atoms with Gasteiger partial charge in [0, 0.05) is 19.4 Å². The molecule has 0 aromatic carbocycles. The van der Waals surface area contributed by atoms with Gasteiger partial charge < -0.3 is 20.5 Å². The molecule has 5 heteroatoms. The first-order valence-corrected chi connectivity index (χ1v) is 6.35. The first kappa shape index (κ1) is 15.3. The molecule has 0 aromatic heterocycles. The van der Waals surface area contributed by atoms with Gasteiger partial charge in [-0.2, -0.15) is 0 Å². The summed E-state index contributed by atoms with van der Waals surface area (Å²) in [4.78, 5) is 11.4. The van der Waals surface area contributed by atoms with E-state index in [9.17, 15) is 4.79 Å². The van der Waals surface area contributed by atoms with Gasteiger partial charge in [0.15, 0.2) is 0 Å². The van der Waals surface area contributed by atoms with Gasteiger partial charge in [0.1, 0.15) is 5.70 Å². The molecule has 0 saturated heterocycles. The lowest BCUT2D eigenvalue weighted by molar-refractivity contribution is -0.138. The Morgan fingerprint density at radius 3 is 2.84 bits per heavy atom. The fourth-order valence-electron chi connectivity index (χ4n) is 1.64. The first-order valence-electron chi connectivity index (χ1n) is 6.35. The van der Waals surface area contributed by atoms with E-state index in [1.54, 1.807) is 21.0 Å². The third-order valence-electron chi connectivity index (χ3n) is 2.90. The van der Waals surface area contributed by atoms with Crippen molar-refractivity contribution in [3.05, 3.63) is 35.2 Å². The van der Waals surface area contributed by atoms with Crippen LogP contribution in [0.2, 0.25) is 0 Å². The standard InChI is InChI=1S/C14H22N2O3/c1-4-19-14(17)13(15)10(2)16-9-11-5-7-12(18-3)8-6-11/h5-7,12,16H,4,8-9,15H2,1-3H3/b13-10-. The zero-order valence-corrected chi connectivity index (χ0v) is 11.7. The van der Waals surface area contributed by atoms with Crippen LogP contribution in [-0.2, 0) is 14.3 Å². The van der Waals surface area contributed by atoms with Crippen LogP contribution in [0.15, 0.2) is 35.2 Å². The van der Waals surface area contributed by atoms with Crippen LogP contribution in [0, 0.1) is 0 Å². The SMILES string of the molecule is CCOC(=O)/C(N)=C(\C)NCC1=CCC(OC)C=C1. The summed E-state index contributed by atoms with van der Waals surface area (Å²) in [5.41, 5.74) is 7.58. The molecule has 0 spiro atoms. The van der Waals surface area contributed by atoms with Gasteiger partial charge in [-0.05, 0) is 25.8 Å². The molecule has 0 aromatic rings. The average molecular weight is 266 g/mol. The number of carbonyl (C=O) groups is 1. The monoisotopic (exact) mass is 266 g/mol. The normalized spacial score (nSPS) is 19.5. The van der Waals surface area contributed by atoms with Gasteiger partial charge in [0.2, 0.25) is 0 Å². The number of methoxy groups -OCH3 is 1. The highest BCUT2D eigenvalue weighted by Gasteiger charge is 2.11. The molecule has 0 fully saturated rings. The molecule has 1 aliphatic carbocycles. The second kappa shape index (κ2) is 7.63. The van der Waals surface area contributed by atoms with Crippen LogP contribution in [-0.4, -0.2) is 32.3 Å². The van der Waals surface area contributed by atoms with E-state index in [4.69, 9.17) is 15.2 Å². The zero-order chi connectivity index (χ0) is 14.3. The number of esters is 1. The van der Waals surface area contributed by atoms with E-state index in [-0.39, 0.29) is 11.8 Å². The number of nitrogens with one attached hydrogen (secondary N) is 1. The average Bonchev–Trinajstić information content (AvgIpc) is 2.44. The molecule has 0 bridgehead atoms. The summed E-state index contributed by atoms with van der Waals surface area (Å²) < 4.78 is 10.1. The molecule has 1 unspecified atom stereocenters. The Hall–Kier alpha value is -1.75. The molecule has 0 saturated carbocycles. The number of nitrogens with two attached hydrogens (primary N) is 1. The molecule has 0 radical (unpaired) electrons. The van der Waals surface area contributed by atoms with E-state index in [2.05, 4.69) is 11.4 Å². The van der Waals surface area contributed by atoms with E-state index in [0.717, 1.165) is 12.0 Å². The van der Waals surface area contributed by atoms with Crippen LogP contribution < -0.4 is 11.1 Å². The maximum absolute atomic E-state index is 11.4. The van der Waals surface area contributed by atoms with Crippen LogP contribution in [0.3, 0.4) is 0 Å². The van der Waals surface area contributed by atoms with Crippen molar-refractivity contribution in [2.75, 3.05) is 20.3 Å².